The highest BCUT2D eigenvalue weighted by Gasteiger charge is 2.17. The Balaban J connectivity index is 1.86. The summed E-state index contributed by atoms with van der Waals surface area (Å²) in [6, 6.07) is 1.17. The maximum Gasteiger partial charge on any atom is 0.266 e. The fourth-order valence-corrected chi connectivity index (χ4v) is 3.88. The monoisotopic (exact) mass is 318 g/mol. The van der Waals surface area contributed by atoms with Crippen molar-refractivity contribution in [2.24, 2.45) is 5.92 Å². The first-order valence-corrected chi connectivity index (χ1v) is 8.73. The van der Waals surface area contributed by atoms with Gasteiger partial charge in [0.25, 0.3) is 5.56 Å². The predicted molar refractivity (Wildman–Crippen MR) is 78.5 cm³/mol. The number of aromatic amines is 1. The van der Waals surface area contributed by atoms with Crippen molar-refractivity contribution in [1.29, 1.82) is 0 Å². The van der Waals surface area contributed by atoms with Gasteiger partial charge in [-0.25, -0.2) is 13.1 Å². The van der Waals surface area contributed by atoms with E-state index in [-0.39, 0.29) is 9.92 Å². The van der Waals surface area contributed by atoms with E-state index in [1.165, 1.54) is 31.7 Å². The molecular formula is C13H19ClN2O3S. The van der Waals surface area contributed by atoms with Crippen LogP contribution in [0.5, 0.6) is 0 Å². The van der Waals surface area contributed by atoms with Crippen LogP contribution in [0, 0.1) is 5.92 Å². The number of rotatable bonds is 6. The van der Waals surface area contributed by atoms with Crippen LogP contribution >= 0.6 is 11.6 Å². The second-order valence-corrected chi connectivity index (χ2v) is 7.38. The number of hydrogen-bond donors (Lipinski definition) is 2. The van der Waals surface area contributed by atoms with Gasteiger partial charge in [-0.2, -0.15) is 0 Å². The van der Waals surface area contributed by atoms with Gasteiger partial charge in [0.2, 0.25) is 10.0 Å². The minimum absolute atomic E-state index is 0.0111. The van der Waals surface area contributed by atoms with E-state index >= 15 is 0 Å². The molecule has 7 heteroatoms. The first kappa shape index (κ1) is 15.5. The third kappa shape index (κ3) is 4.07. The zero-order chi connectivity index (χ0) is 14.6. The molecule has 112 valence electrons. The summed E-state index contributed by atoms with van der Waals surface area (Å²) in [4.78, 5) is 13.4. The number of aromatic nitrogens is 1. The highest BCUT2D eigenvalue weighted by Crippen LogP contribution is 2.28. The van der Waals surface area contributed by atoms with Crippen molar-refractivity contribution in [2.45, 2.75) is 43.4 Å². The zero-order valence-electron chi connectivity index (χ0n) is 11.2. The lowest BCUT2D eigenvalue weighted by molar-refractivity contribution is 0.480. The van der Waals surface area contributed by atoms with Crippen LogP contribution in [0.3, 0.4) is 0 Å². The van der Waals surface area contributed by atoms with Crippen molar-refractivity contribution < 1.29 is 8.42 Å². The van der Waals surface area contributed by atoms with Crippen LogP contribution in [0.15, 0.2) is 22.0 Å². The Morgan fingerprint density at radius 1 is 1.35 bits per heavy atom. The minimum Gasteiger partial charge on any atom is -0.326 e. The zero-order valence-corrected chi connectivity index (χ0v) is 12.8. The van der Waals surface area contributed by atoms with Crippen LogP contribution in [0.2, 0.25) is 5.02 Å². The van der Waals surface area contributed by atoms with Gasteiger partial charge in [-0.1, -0.05) is 37.3 Å². The first-order valence-electron chi connectivity index (χ1n) is 6.87. The number of nitrogens with one attached hydrogen (secondary N) is 2. The molecule has 0 saturated heterocycles. The Morgan fingerprint density at radius 3 is 2.70 bits per heavy atom. The highest BCUT2D eigenvalue weighted by atomic mass is 35.5. The van der Waals surface area contributed by atoms with E-state index in [4.69, 9.17) is 11.6 Å². The van der Waals surface area contributed by atoms with Crippen molar-refractivity contribution in [2.75, 3.05) is 6.54 Å². The molecule has 0 atom stereocenters. The molecule has 0 aromatic carbocycles. The van der Waals surface area contributed by atoms with E-state index in [1.807, 2.05) is 0 Å². The smallest absolute Gasteiger partial charge is 0.266 e. The average Bonchev–Trinajstić information content (AvgIpc) is 2.91. The Labute approximate surface area is 123 Å². The normalized spacial score (nSPS) is 16.6. The Kier molecular flexibility index (Phi) is 5.23. The maximum atomic E-state index is 12.0. The molecular weight excluding hydrogens is 300 g/mol. The van der Waals surface area contributed by atoms with Gasteiger partial charge in [-0.3, -0.25) is 4.79 Å². The van der Waals surface area contributed by atoms with Crippen LogP contribution < -0.4 is 10.3 Å². The molecule has 1 heterocycles. The summed E-state index contributed by atoms with van der Waals surface area (Å²) in [5, 5.41) is -0.126. The molecule has 20 heavy (non-hydrogen) atoms. The van der Waals surface area contributed by atoms with Gasteiger partial charge in [-0.15, -0.1) is 0 Å². The summed E-state index contributed by atoms with van der Waals surface area (Å²) >= 11 is 5.63. The Morgan fingerprint density at radius 2 is 2.05 bits per heavy atom. The lowest BCUT2D eigenvalue weighted by Crippen LogP contribution is -2.26. The molecule has 0 aliphatic heterocycles. The molecule has 0 amide bonds. The summed E-state index contributed by atoms with van der Waals surface area (Å²) in [6.45, 7) is 0.412. The van der Waals surface area contributed by atoms with Crippen molar-refractivity contribution in [3.8, 4) is 0 Å². The predicted octanol–water partition coefficient (Wildman–Crippen LogP) is 2.28. The van der Waals surface area contributed by atoms with Crippen molar-refractivity contribution >= 4 is 21.6 Å². The SMILES string of the molecule is O=c1[nH]cc(S(=O)(=O)NCCCC2CCCC2)cc1Cl. The van der Waals surface area contributed by atoms with Crippen LogP contribution in [-0.2, 0) is 10.0 Å². The molecule has 2 N–H and O–H groups in total. The quantitative estimate of drug-likeness (QED) is 0.790. The highest BCUT2D eigenvalue weighted by molar-refractivity contribution is 7.89. The van der Waals surface area contributed by atoms with Gasteiger partial charge in [0.05, 0.1) is 4.90 Å². The third-order valence-corrected chi connectivity index (χ3v) is 5.42. The van der Waals surface area contributed by atoms with E-state index in [0.717, 1.165) is 25.0 Å². The second-order valence-electron chi connectivity index (χ2n) is 5.20. The van der Waals surface area contributed by atoms with Gasteiger partial charge in [0.1, 0.15) is 5.02 Å². The van der Waals surface area contributed by atoms with Crippen LogP contribution in [0.1, 0.15) is 38.5 Å². The van der Waals surface area contributed by atoms with Gasteiger partial charge < -0.3 is 4.98 Å². The lowest BCUT2D eigenvalue weighted by Gasteiger charge is -2.10. The summed E-state index contributed by atoms with van der Waals surface area (Å²) in [5.74, 6) is 0.752. The largest absolute Gasteiger partial charge is 0.326 e. The van der Waals surface area contributed by atoms with Gasteiger partial charge in [-0.05, 0) is 24.8 Å². The Hall–Kier alpha value is -0.850. The molecule has 0 bridgehead atoms. The van der Waals surface area contributed by atoms with E-state index in [9.17, 15) is 13.2 Å². The number of H-pyrrole nitrogens is 1. The van der Waals surface area contributed by atoms with Crippen molar-refractivity contribution in [1.82, 2.24) is 9.71 Å². The summed E-state index contributed by atoms with van der Waals surface area (Å²) in [5.41, 5.74) is -0.494. The molecule has 0 spiro atoms. The standard InChI is InChI=1S/C13H19ClN2O3S/c14-12-8-11(9-15-13(12)17)20(18,19)16-7-3-6-10-4-1-2-5-10/h8-10,16H,1-7H2,(H,15,17). The fraction of sp³-hybridized carbons (Fsp3) is 0.615. The minimum atomic E-state index is -3.60. The van der Waals surface area contributed by atoms with E-state index < -0.39 is 15.6 Å². The molecule has 1 aromatic heterocycles. The second kappa shape index (κ2) is 6.74. The summed E-state index contributed by atoms with van der Waals surface area (Å²) in [7, 11) is -3.60. The van der Waals surface area contributed by atoms with Gasteiger partial charge in [0.15, 0.2) is 0 Å². The molecule has 0 unspecified atom stereocenters. The third-order valence-electron chi connectivity index (χ3n) is 3.70. The first-order chi connectivity index (χ1) is 9.49. The summed E-state index contributed by atoms with van der Waals surface area (Å²) < 4.78 is 26.5. The molecule has 1 aliphatic rings. The molecule has 1 fully saturated rings. The molecule has 2 rings (SSSR count). The fourth-order valence-electron chi connectivity index (χ4n) is 2.57. The van der Waals surface area contributed by atoms with Gasteiger partial charge in [0, 0.05) is 12.7 Å². The van der Waals surface area contributed by atoms with Crippen LogP contribution in [0.4, 0.5) is 0 Å². The van der Waals surface area contributed by atoms with Crippen LogP contribution in [-0.4, -0.2) is 19.9 Å². The van der Waals surface area contributed by atoms with Gasteiger partial charge >= 0.3 is 0 Å². The topological polar surface area (TPSA) is 79.0 Å². The molecule has 0 radical (unpaired) electrons. The van der Waals surface area contributed by atoms with Crippen LogP contribution in [0.25, 0.3) is 0 Å². The molecule has 1 aromatic rings. The molecule has 1 aliphatic carbocycles. The molecule has 1 saturated carbocycles. The maximum absolute atomic E-state index is 12.0. The van der Waals surface area contributed by atoms with Crippen molar-refractivity contribution in [3.05, 3.63) is 27.6 Å². The molecule has 5 nitrogen and oxygen atoms in total. The Bertz CT molecular complexity index is 606. The van der Waals surface area contributed by atoms with E-state index in [2.05, 4.69) is 9.71 Å². The number of halogens is 1. The number of hydrogen-bond acceptors (Lipinski definition) is 3. The lowest BCUT2D eigenvalue weighted by atomic mass is 10.0. The van der Waals surface area contributed by atoms with E-state index in [0.29, 0.717) is 6.54 Å². The number of sulfonamides is 1. The summed E-state index contributed by atoms with van der Waals surface area (Å²) in [6.07, 6.45) is 8.19. The van der Waals surface area contributed by atoms with Crippen molar-refractivity contribution in [3.63, 3.8) is 0 Å². The average molecular weight is 319 g/mol. The van der Waals surface area contributed by atoms with E-state index in [1.54, 1.807) is 0 Å². The number of pyridine rings is 1.